The summed E-state index contributed by atoms with van der Waals surface area (Å²) in [6, 6.07) is 11.7. The molecule has 0 saturated carbocycles. The second-order valence-electron chi connectivity index (χ2n) is 7.64. The van der Waals surface area contributed by atoms with E-state index in [1.807, 2.05) is 55.1 Å². The third kappa shape index (κ3) is 8.80. The molecule has 31 heavy (non-hydrogen) atoms. The number of nitrogens with zero attached hydrogens (tertiary/aromatic N) is 2. The Morgan fingerprint density at radius 3 is 2.71 bits per heavy atom. The number of furan rings is 1. The molecule has 2 heterocycles. The van der Waals surface area contributed by atoms with E-state index in [2.05, 4.69) is 15.6 Å². The van der Waals surface area contributed by atoms with Gasteiger partial charge in [-0.15, -0.1) is 24.0 Å². The fraction of sp³-hybridized carbons (Fsp3) is 0.478. The SMILES string of the molecule is CC(C)Oc1ccc(NC(=NCCCN2CCCC2=O)NCCc2ccco2)cc1.I. The normalized spacial score (nSPS) is 14.0. The van der Waals surface area contributed by atoms with E-state index in [1.165, 1.54) is 0 Å². The van der Waals surface area contributed by atoms with E-state index >= 15 is 0 Å². The standard InChI is InChI=1S/C23H32N4O3.HI/c1-18(2)30-21-10-8-19(9-11-21)26-23(25-14-12-20-6-4-17-29-20)24-13-5-16-27-15-3-7-22(27)28;/h4,6,8-11,17-18H,3,5,7,12-16H2,1-2H3,(H2,24,25,26);1H. The second-order valence-corrected chi connectivity index (χ2v) is 7.64. The molecule has 170 valence electrons. The molecule has 2 aromatic rings. The maximum Gasteiger partial charge on any atom is 0.222 e. The molecule has 1 fully saturated rings. The van der Waals surface area contributed by atoms with Crippen LogP contribution in [0.25, 0.3) is 0 Å². The largest absolute Gasteiger partial charge is 0.491 e. The van der Waals surface area contributed by atoms with Gasteiger partial charge in [-0.3, -0.25) is 9.79 Å². The zero-order valence-electron chi connectivity index (χ0n) is 18.3. The average Bonchev–Trinajstić information content (AvgIpc) is 3.38. The highest BCUT2D eigenvalue weighted by Crippen LogP contribution is 2.17. The summed E-state index contributed by atoms with van der Waals surface area (Å²) in [5.41, 5.74) is 0.935. The molecule has 1 saturated heterocycles. The van der Waals surface area contributed by atoms with Crippen molar-refractivity contribution in [3.05, 3.63) is 48.4 Å². The fourth-order valence-electron chi connectivity index (χ4n) is 3.32. The predicted octanol–water partition coefficient (Wildman–Crippen LogP) is 4.30. The molecule has 1 amide bonds. The van der Waals surface area contributed by atoms with Crippen LogP contribution in [0.3, 0.4) is 0 Å². The van der Waals surface area contributed by atoms with Gasteiger partial charge in [0.15, 0.2) is 5.96 Å². The van der Waals surface area contributed by atoms with Crippen molar-refractivity contribution in [2.24, 2.45) is 4.99 Å². The quantitative estimate of drug-likeness (QED) is 0.204. The molecule has 3 rings (SSSR count). The lowest BCUT2D eigenvalue weighted by Gasteiger charge is -2.16. The Labute approximate surface area is 201 Å². The topological polar surface area (TPSA) is 79.1 Å². The zero-order chi connectivity index (χ0) is 21.2. The van der Waals surface area contributed by atoms with Crippen LogP contribution in [-0.2, 0) is 11.2 Å². The third-order valence-electron chi connectivity index (χ3n) is 4.76. The van der Waals surface area contributed by atoms with Crippen LogP contribution in [0, 0.1) is 0 Å². The first kappa shape index (κ1) is 25.0. The number of likely N-dealkylation sites (tertiary alicyclic amines) is 1. The molecule has 2 N–H and O–H groups in total. The maximum atomic E-state index is 11.7. The number of amides is 1. The van der Waals surface area contributed by atoms with Gasteiger partial charge >= 0.3 is 0 Å². The lowest BCUT2D eigenvalue weighted by atomic mass is 10.3. The van der Waals surface area contributed by atoms with E-state index in [0.717, 1.165) is 49.5 Å². The number of rotatable bonds is 10. The number of guanidine groups is 1. The molecule has 0 spiro atoms. The second kappa shape index (κ2) is 13.2. The average molecular weight is 540 g/mol. The van der Waals surface area contributed by atoms with Crippen molar-refractivity contribution in [1.82, 2.24) is 10.2 Å². The number of carbonyl (C=O) groups excluding carboxylic acids is 1. The van der Waals surface area contributed by atoms with Crippen molar-refractivity contribution in [2.75, 3.05) is 31.5 Å². The molecule has 1 aliphatic heterocycles. The van der Waals surface area contributed by atoms with Crippen LogP contribution >= 0.6 is 24.0 Å². The summed E-state index contributed by atoms with van der Waals surface area (Å²) >= 11 is 0. The van der Waals surface area contributed by atoms with Gasteiger partial charge in [0, 0.05) is 44.7 Å². The van der Waals surface area contributed by atoms with Gasteiger partial charge in [-0.1, -0.05) is 0 Å². The van der Waals surface area contributed by atoms with Crippen LogP contribution in [-0.4, -0.2) is 49.0 Å². The Bertz CT molecular complexity index is 807. The molecular formula is C23H33IN4O3. The third-order valence-corrected chi connectivity index (χ3v) is 4.76. The summed E-state index contributed by atoms with van der Waals surface area (Å²) < 4.78 is 11.1. The number of nitrogens with one attached hydrogen (secondary N) is 2. The van der Waals surface area contributed by atoms with Gasteiger partial charge in [0.25, 0.3) is 0 Å². The molecule has 0 radical (unpaired) electrons. The Morgan fingerprint density at radius 2 is 2.06 bits per heavy atom. The Kier molecular flexibility index (Phi) is 10.7. The molecule has 1 aliphatic rings. The molecule has 0 unspecified atom stereocenters. The molecule has 1 aromatic carbocycles. The first-order chi connectivity index (χ1) is 14.6. The molecule has 1 aromatic heterocycles. The summed E-state index contributed by atoms with van der Waals surface area (Å²) in [5, 5.41) is 6.71. The molecule has 7 nitrogen and oxygen atoms in total. The van der Waals surface area contributed by atoms with Crippen molar-refractivity contribution in [2.45, 2.75) is 45.6 Å². The minimum absolute atomic E-state index is 0. The lowest BCUT2D eigenvalue weighted by Crippen LogP contribution is -2.33. The number of halogens is 1. The van der Waals surface area contributed by atoms with E-state index < -0.39 is 0 Å². The highest BCUT2D eigenvalue weighted by molar-refractivity contribution is 14.0. The highest BCUT2D eigenvalue weighted by Gasteiger charge is 2.18. The number of aliphatic imine (C=N–C) groups is 1. The molecule has 8 heteroatoms. The number of anilines is 1. The number of hydrogen-bond acceptors (Lipinski definition) is 4. The van der Waals surface area contributed by atoms with Crippen molar-refractivity contribution in [3.63, 3.8) is 0 Å². The molecule has 0 atom stereocenters. The van der Waals surface area contributed by atoms with Crippen LogP contribution in [0.15, 0.2) is 52.1 Å². The summed E-state index contributed by atoms with van der Waals surface area (Å²) in [5.74, 6) is 2.75. The first-order valence-corrected chi connectivity index (χ1v) is 10.7. The van der Waals surface area contributed by atoms with Gasteiger partial charge in [-0.05, 0) is 63.1 Å². The van der Waals surface area contributed by atoms with Crippen molar-refractivity contribution >= 4 is 41.5 Å². The van der Waals surface area contributed by atoms with E-state index in [-0.39, 0.29) is 36.0 Å². The zero-order valence-corrected chi connectivity index (χ0v) is 20.6. The first-order valence-electron chi connectivity index (χ1n) is 10.7. The van der Waals surface area contributed by atoms with E-state index in [0.29, 0.717) is 25.5 Å². The summed E-state index contributed by atoms with van der Waals surface area (Å²) in [7, 11) is 0. The summed E-state index contributed by atoms with van der Waals surface area (Å²) in [6.07, 6.45) is 5.10. The van der Waals surface area contributed by atoms with Gasteiger partial charge in [0.2, 0.25) is 5.91 Å². The minimum Gasteiger partial charge on any atom is -0.491 e. The van der Waals surface area contributed by atoms with Crippen LogP contribution in [0.5, 0.6) is 5.75 Å². The molecule has 0 bridgehead atoms. The number of carbonyl (C=O) groups is 1. The maximum absolute atomic E-state index is 11.7. The van der Waals surface area contributed by atoms with Gasteiger partial charge in [0.05, 0.1) is 12.4 Å². The van der Waals surface area contributed by atoms with E-state index in [1.54, 1.807) is 6.26 Å². The number of hydrogen-bond donors (Lipinski definition) is 2. The number of ether oxygens (including phenoxy) is 1. The lowest BCUT2D eigenvalue weighted by molar-refractivity contribution is -0.127. The van der Waals surface area contributed by atoms with E-state index in [9.17, 15) is 4.79 Å². The molecule has 0 aliphatic carbocycles. The Balaban J connectivity index is 0.00000341. The van der Waals surface area contributed by atoms with E-state index in [4.69, 9.17) is 9.15 Å². The fourth-order valence-corrected chi connectivity index (χ4v) is 3.32. The van der Waals surface area contributed by atoms with Crippen molar-refractivity contribution < 1.29 is 13.9 Å². The van der Waals surface area contributed by atoms with Gasteiger partial charge in [0.1, 0.15) is 11.5 Å². The Morgan fingerprint density at radius 1 is 1.26 bits per heavy atom. The van der Waals surface area contributed by atoms with Gasteiger partial charge < -0.3 is 24.7 Å². The predicted molar refractivity (Wildman–Crippen MR) is 134 cm³/mol. The highest BCUT2D eigenvalue weighted by atomic mass is 127. The molecular weight excluding hydrogens is 507 g/mol. The summed E-state index contributed by atoms with van der Waals surface area (Å²) in [4.78, 5) is 18.4. The monoisotopic (exact) mass is 540 g/mol. The Hall–Kier alpha value is -2.23. The van der Waals surface area contributed by atoms with Gasteiger partial charge in [-0.2, -0.15) is 0 Å². The van der Waals surface area contributed by atoms with Crippen LogP contribution in [0.2, 0.25) is 0 Å². The van der Waals surface area contributed by atoms with Crippen LogP contribution in [0.4, 0.5) is 5.69 Å². The van der Waals surface area contributed by atoms with Crippen molar-refractivity contribution in [1.29, 1.82) is 0 Å². The minimum atomic E-state index is 0. The van der Waals surface area contributed by atoms with Crippen LogP contribution < -0.4 is 15.4 Å². The number of benzene rings is 1. The van der Waals surface area contributed by atoms with Crippen molar-refractivity contribution in [3.8, 4) is 5.75 Å². The smallest absolute Gasteiger partial charge is 0.222 e. The van der Waals surface area contributed by atoms with Gasteiger partial charge in [-0.25, -0.2) is 0 Å². The van der Waals surface area contributed by atoms with Crippen LogP contribution in [0.1, 0.15) is 38.9 Å². The summed E-state index contributed by atoms with van der Waals surface area (Å²) in [6.45, 7) is 7.02.